The number of H-pyrrole nitrogens is 1. The van der Waals surface area contributed by atoms with Crippen molar-refractivity contribution >= 4 is 21.8 Å². The monoisotopic (exact) mass is 547 g/mol. The molecule has 5 aromatic carbocycles. The highest BCUT2D eigenvalue weighted by Crippen LogP contribution is 2.43. The van der Waals surface area contributed by atoms with Crippen molar-refractivity contribution in [2.45, 2.75) is 0 Å². The van der Waals surface area contributed by atoms with Crippen LogP contribution in [0.25, 0.3) is 89.1 Å². The Balaban J connectivity index is 1.47. The highest BCUT2D eigenvalue weighted by molar-refractivity contribution is 6.17. The average Bonchev–Trinajstić information content (AvgIpc) is 3.47. The van der Waals surface area contributed by atoms with Crippen molar-refractivity contribution in [3.63, 3.8) is 0 Å². The third-order valence-electron chi connectivity index (χ3n) is 8.54. The molecular formula is C40H25N3. The van der Waals surface area contributed by atoms with E-state index in [1.807, 2.05) is 12.1 Å². The summed E-state index contributed by atoms with van der Waals surface area (Å²) in [5.41, 5.74) is 14.9. The van der Waals surface area contributed by atoms with Crippen LogP contribution in [-0.4, -0.2) is 15.0 Å². The van der Waals surface area contributed by atoms with Gasteiger partial charge in [0, 0.05) is 27.5 Å². The van der Waals surface area contributed by atoms with Gasteiger partial charge in [0.25, 0.3) is 0 Å². The molecule has 0 atom stereocenters. The summed E-state index contributed by atoms with van der Waals surface area (Å²) in [6.45, 7) is 0. The summed E-state index contributed by atoms with van der Waals surface area (Å²) in [5.74, 6) is 0. The quantitative estimate of drug-likeness (QED) is 0.234. The van der Waals surface area contributed by atoms with E-state index >= 15 is 0 Å². The Morgan fingerprint density at radius 1 is 0.326 bits per heavy atom. The Bertz CT molecular complexity index is 2170. The van der Waals surface area contributed by atoms with Crippen LogP contribution in [0.15, 0.2) is 146 Å². The van der Waals surface area contributed by atoms with Crippen LogP contribution in [0.5, 0.6) is 0 Å². The number of fused-ring (bicyclic) bond motifs is 11. The summed E-state index contributed by atoms with van der Waals surface area (Å²) in [6, 6.07) is 51.7. The molecule has 9 rings (SSSR count). The molecule has 1 N–H and O–H groups in total. The summed E-state index contributed by atoms with van der Waals surface area (Å²) < 4.78 is 0. The summed E-state index contributed by atoms with van der Waals surface area (Å²) in [7, 11) is 0. The highest BCUT2D eigenvalue weighted by Gasteiger charge is 2.19. The number of benzene rings is 5. The molecule has 0 unspecified atom stereocenters. The van der Waals surface area contributed by atoms with Crippen LogP contribution in [0.1, 0.15) is 0 Å². The highest BCUT2D eigenvalue weighted by atomic mass is 14.8. The topological polar surface area (TPSA) is 41.6 Å². The minimum Gasteiger partial charge on any atom is -0.353 e. The molecule has 0 saturated heterocycles. The van der Waals surface area contributed by atoms with Gasteiger partial charge < -0.3 is 4.98 Å². The van der Waals surface area contributed by atoms with Crippen molar-refractivity contribution in [1.82, 2.24) is 15.0 Å². The van der Waals surface area contributed by atoms with Gasteiger partial charge in [-0.25, -0.2) is 9.97 Å². The molecule has 0 spiro atoms. The minimum atomic E-state index is 0.856. The zero-order valence-electron chi connectivity index (χ0n) is 23.3. The van der Waals surface area contributed by atoms with Crippen molar-refractivity contribution in [1.29, 1.82) is 0 Å². The fourth-order valence-corrected chi connectivity index (χ4v) is 6.44. The molecule has 8 bridgehead atoms. The molecule has 200 valence electrons. The van der Waals surface area contributed by atoms with Gasteiger partial charge in [0.15, 0.2) is 0 Å². The zero-order chi connectivity index (χ0) is 28.3. The average molecular weight is 548 g/mol. The molecule has 0 fully saturated rings. The third-order valence-corrected chi connectivity index (χ3v) is 8.54. The van der Waals surface area contributed by atoms with Crippen molar-refractivity contribution in [3.8, 4) is 67.3 Å². The molecule has 1 aliphatic heterocycles. The number of aromatic nitrogens is 3. The Morgan fingerprint density at radius 3 is 1.49 bits per heavy atom. The van der Waals surface area contributed by atoms with E-state index in [0.717, 1.165) is 61.6 Å². The van der Waals surface area contributed by atoms with Crippen LogP contribution in [0, 0.1) is 0 Å². The van der Waals surface area contributed by atoms with Crippen LogP contribution >= 0.6 is 0 Å². The molecule has 0 saturated carbocycles. The normalized spacial score (nSPS) is 11.7. The zero-order valence-corrected chi connectivity index (χ0v) is 23.3. The molecule has 3 heteroatoms. The third kappa shape index (κ3) is 3.90. The summed E-state index contributed by atoms with van der Waals surface area (Å²) in [5, 5.41) is 2.38. The predicted octanol–water partition coefficient (Wildman–Crippen LogP) is 10.4. The lowest BCUT2D eigenvalue weighted by Crippen LogP contribution is -1.94. The first-order chi connectivity index (χ1) is 21.3. The maximum absolute atomic E-state index is 5.20. The number of nitrogens with one attached hydrogen (secondary N) is 1. The number of hydrogen-bond donors (Lipinski definition) is 1. The standard InChI is InChI=1S/C40H25N3/c1-3-10-25(11-4-1)29-21-31-27-14-7-15-28(20-27)35-16-8-18-37(41-35)38-19-9-17-36(42-38)34-24-30(26-12-5-2-6-13-26)23-33-32(22-29)39(31)43-40(33)34/h1-24,43H. The molecule has 0 amide bonds. The number of rotatable bonds is 2. The van der Waals surface area contributed by atoms with E-state index in [-0.39, 0.29) is 0 Å². The predicted molar refractivity (Wildman–Crippen MR) is 178 cm³/mol. The van der Waals surface area contributed by atoms with E-state index in [4.69, 9.17) is 9.97 Å². The Morgan fingerprint density at radius 2 is 0.814 bits per heavy atom. The summed E-state index contributed by atoms with van der Waals surface area (Å²) in [4.78, 5) is 14.2. The second kappa shape index (κ2) is 9.37. The van der Waals surface area contributed by atoms with Crippen LogP contribution in [0.3, 0.4) is 0 Å². The summed E-state index contributed by atoms with van der Waals surface area (Å²) >= 11 is 0. The molecule has 8 aromatic rings. The van der Waals surface area contributed by atoms with Crippen LogP contribution in [-0.2, 0) is 0 Å². The van der Waals surface area contributed by atoms with E-state index in [2.05, 4.69) is 138 Å². The lowest BCUT2D eigenvalue weighted by molar-refractivity contribution is 1.25. The maximum atomic E-state index is 5.20. The van der Waals surface area contributed by atoms with Crippen molar-refractivity contribution in [2.75, 3.05) is 0 Å². The largest absolute Gasteiger partial charge is 0.353 e. The molecule has 1 aliphatic rings. The van der Waals surface area contributed by atoms with E-state index in [9.17, 15) is 0 Å². The number of nitrogens with zero attached hydrogens (tertiary/aromatic N) is 2. The molecule has 0 radical (unpaired) electrons. The number of aromatic amines is 1. The van der Waals surface area contributed by atoms with Gasteiger partial charge in [-0.1, -0.05) is 91.0 Å². The van der Waals surface area contributed by atoms with Gasteiger partial charge in [0.2, 0.25) is 0 Å². The van der Waals surface area contributed by atoms with E-state index < -0.39 is 0 Å². The van der Waals surface area contributed by atoms with Crippen molar-refractivity contribution < 1.29 is 0 Å². The first-order valence-corrected chi connectivity index (χ1v) is 14.6. The smallest absolute Gasteiger partial charge is 0.0893 e. The van der Waals surface area contributed by atoms with E-state index in [1.54, 1.807) is 0 Å². The van der Waals surface area contributed by atoms with Gasteiger partial charge >= 0.3 is 0 Å². The fourth-order valence-electron chi connectivity index (χ4n) is 6.44. The van der Waals surface area contributed by atoms with Crippen LogP contribution in [0.4, 0.5) is 0 Å². The molecule has 4 heterocycles. The lowest BCUT2D eigenvalue weighted by atomic mass is 9.93. The number of hydrogen-bond acceptors (Lipinski definition) is 2. The molecule has 43 heavy (non-hydrogen) atoms. The van der Waals surface area contributed by atoms with E-state index in [1.165, 1.54) is 27.5 Å². The van der Waals surface area contributed by atoms with Gasteiger partial charge in [-0.3, -0.25) is 0 Å². The molecular weight excluding hydrogens is 522 g/mol. The van der Waals surface area contributed by atoms with Crippen molar-refractivity contribution in [2.24, 2.45) is 0 Å². The van der Waals surface area contributed by atoms with Crippen LogP contribution in [0.2, 0.25) is 0 Å². The Labute approximate surface area is 249 Å². The maximum Gasteiger partial charge on any atom is 0.0893 e. The second-order valence-corrected chi connectivity index (χ2v) is 11.1. The van der Waals surface area contributed by atoms with Crippen LogP contribution < -0.4 is 0 Å². The first-order valence-electron chi connectivity index (χ1n) is 14.6. The SMILES string of the molecule is c1ccc(-c2cc3c4[nH]c5c(cc(-c6ccccc6)cc5c4c2)-c2cccc(n2)-c2cccc(n2)-c2cccc-3c2)cc1. The minimum absolute atomic E-state index is 0.856. The van der Waals surface area contributed by atoms with Gasteiger partial charge in [0.1, 0.15) is 0 Å². The Hall–Kier alpha value is -5.80. The first kappa shape index (κ1) is 23.9. The van der Waals surface area contributed by atoms with Gasteiger partial charge in [0.05, 0.1) is 33.8 Å². The summed E-state index contributed by atoms with van der Waals surface area (Å²) in [6.07, 6.45) is 0. The molecule has 3 nitrogen and oxygen atoms in total. The van der Waals surface area contributed by atoms with Gasteiger partial charge in [-0.05, 0) is 82.4 Å². The second-order valence-electron chi connectivity index (χ2n) is 11.1. The number of pyridine rings is 2. The lowest BCUT2D eigenvalue weighted by Gasteiger charge is -2.11. The van der Waals surface area contributed by atoms with Gasteiger partial charge in [-0.15, -0.1) is 0 Å². The van der Waals surface area contributed by atoms with Gasteiger partial charge in [-0.2, -0.15) is 0 Å². The van der Waals surface area contributed by atoms with E-state index in [0.29, 0.717) is 0 Å². The molecule has 3 aromatic heterocycles. The van der Waals surface area contributed by atoms with Crippen molar-refractivity contribution in [3.05, 3.63) is 146 Å². The Kier molecular flexibility index (Phi) is 5.20. The molecule has 0 aliphatic carbocycles. The fraction of sp³-hybridized carbons (Fsp3) is 0.